The predicted molar refractivity (Wildman–Crippen MR) is 111 cm³/mol. The van der Waals surface area contributed by atoms with Crippen molar-refractivity contribution in [2.75, 3.05) is 24.2 Å². The van der Waals surface area contributed by atoms with Gasteiger partial charge >= 0.3 is 0 Å². The highest BCUT2D eigenvalue weighted by molar-refractivity contribution is 7.92. The van der Waals surface area contributed by atoms with Crippen LogP contribution in [0.5, 0.6) is 0 Å². The molecule has 1 N–H and O–H groups in total. The first-order valence-corrected chi connectivity index (χ1v) is 11.3. The number of hydrogen-bond donors (Lipinski definition) is 1. The molecule has 4 rings (SSSR count). The van der Waals surface area contributed by atoms with Crippen molar-refractivity contribution in [3.8, 4) is 11.1 Å². The van der Waals surface area contributed by atoms with Crippen LogP contribution in [0.4, 0.5) is 5.69 Å². The van der Waals surface area contributed by atoms with E-state index in [1.165, 1.54) is 5.56 Å². The Morgan fingerprint density at radius 2 is 1.89 bits per heavy atom. The molecule has 1 aliphatic rings. The van der Waals surface area contributed by atoms with E-state index in [1.54, 1.807) is 12.3 Å². The molecule has 1 fully saturated rings. The summed E-state index contributed by atoms with van der Waals surface area (Å²) in [4.78, 5) is 8.63. The van der Waals surface area contributed by atoms with Crippen LogP contribution in [0, 0.1) is 0 Å². The van der Waals surface area contributed by atoms with E-state index in [4.69, 9.17) is 16.3 Å². The second-order valence-electron chi connectivity index (χ2n) is 6.96. The molecule has 2 aromatic heterocycles. The first-order chi connectivity index (χ1) is 13.4. The smallest absolute Gasteiger partial charge is 0.229 e. The first kappa shape index (κ1) is 19.1. The molecule has 28 heavy (non-hydrogen) atoms. The van der Waals surface area contributed by atoms with Gasteiger partial charge in [-0.3, -0.25) is 9.71 Å². The fraction of sp³-hybridized carbons (Fsp3) is 0.300. The van der Waals surface area contributed by atoms with Crippen LogP contribution in [0.2, 0.25) is 5.15 Å². The molecular weight excluding hydrogens is 398 g/mol. The van der Waals surface area contributed by atoms with Crippen molar-refractivity contribution >= 4 is 38.2 Å². The molecular formula is C20H20ClN3O3S. The molecule has 0 spiro atoms. The third-order valence-electron chi connectivity index (χ3n) is 4.90. The minimum absolute atomic E-state index is 0.111. The number of fused-ring (bicyclic) bond motifs is 1. The van der Waals surface area contributed by atoms with Gasteiger partial charge in [0.1, 0.15) is 0 Å². The van der Waals surface area contributed by atoms with Gasteiger partial charge in [-0.05, 0) is 54.2 Å². The molecule has 6 nitrogen and oxygen atoms in total. The molecule has 1 saturated heterocycles. The average molecular weight is 418 g/mol. The fourth-order valence-corrected chi connectivity index (χ4v) is 4.35. The molecule has 0 radical (unpaired) electrons. The number of nitrogens with one attached hydrogen (secondary N) is 1. The van der Waals surface area contributed by atoms with Gasteiger partial charge in [-0.15, -0.1) is 0 Å². The Morgan fingerprint density at radius 1 is 1.11 bits per heavy atom. The quantitative estimate of drug-likeness (QED) is 0.643. The van der Waals surface area contributed by atoms with Gasteiger partial charge in [0, 0.05) is 36.6 Å². The number of rotatable bonds is 4. The standard InChI is InChI=1S/C20H20ClN3O3S/c1-28(25,26)24-19-11-15(12-23-20(19)21)14-2-3-18-17(10-14)16(4-7-22-18)13-5-8-27-9-6-13/h2-4,7,10-13,24H,5-6,8-9H2,1H3. The van der Waals surface area contributed by atoms with E-state index >= 15 is 0 Å². The highest BCUT2D eigenvalue weighted by atomic mass is 35.5. The van der Waals surface area contributed by atoms with E-state index in [0.717, 1.165) is 54.3 Å². The van der Waals surface area contributed by atoms with Gasteiger partial charge in [-0.1, -0.05) is 17.7 Å². The average Bonchev–Trinajstić information content (AvgIpc) is 2.68. The lowest BCUT2D eigenvalue weighted by Crippen LogP contribution is -2.14. The zero-order valence-corrected chi connectivity index (χ0v) is 16.9. The molecule has 0 atom stereocenters. The lowest BCUT2D eigenvalue weighted by Gasteiger charge is -2.23. The van der Waals surface area contributed by atoms with Crippen molar-refractivity contribution in [3.05, 3.63) is 53.4 Å². The maximum atomic E-state index is 11.6. The van der Waals surface area contributed by atoms with Crippen LogP contribution in [0.25, 0.3) is 22.0 Å². The van der Waals surface area contributed by atoms with Gasteiger partial charge in [0.05, 0.1) is 17.5 Å². The Hall–Kier alpha value is -2.22. The van der Waals surface area contributed by atoms with Crippen molar-refractivity contribution in [1.29, 1.82) is 0 Å². The Bertz CT molecular complexity index is 1130. The van der Waals surface area contributed by atoms with E-state index in [9.17, 15) is 8.42 Å². The number of pyridine rings is 2. The molecule has 146 valence electrons. The summed E-state index contributed by atoms with van der Waals surface area (Å²) in [5.74, 6) is 0.445. The first-order valence-electron chi connectivity index (χ1n) is 9.01. The number of benzene rings is 1. The van der Waals surface area contributed by atoms with Crippen molar-refractivity contribution in [3.63, 3.8) is 0 Å². The summed E-state index contributed by atoms with van der Waals surface area (Å²) in [5, 5.41) is 1.21. The Balaban J connectivity index is 1.78. The van der Waals surface area contributed by atoms with E-state index in [-0.39, 0.29) is 10.8 Å². The van der Waals surface area contributed by atoms with Crippen molar-refractivity contribution in [2.24, 2.45) is 0 Å². The fourth-order valence-electron chi connectivity index (χ4n) is 3.59. The SMILES string of the molecule is CS(=O)(=O)Nc1cc(-c2ccc3nccc(C4CCOCC4)c3c2)cnc1Cl. The third kappa shape index (κ3) is 4.11. The minimum Gasteiger partial charge on any atom is -0.381 e. The van der Waals surface area contributed by atoms with Gasteiger partial charge in [0.25, 0.3) is 0 Å². The predicted octanol–water partition coefficient (Wildman–Crippen LogP) is 4.22. The van der Waals surface area contributed by atoms with Crippen LogP contribution in [0.15, 0.2) is 42.7 Å². The second-order valence-corrected chi connectivity index (χ2v) is 9.06. The van der Waals surface area contributed by atoms with Gasteiger partial charge in [0.15, 0.2) is 5.15 Å². The van der Waals surface area contributed by atoms with Gasteiger partial charge < -0.3 is 4.74 Å². The zero-order valence-electron chi connectivity index (χ0n) is 15.4. The van der Waals surface area contributed by atoms with Crippen molar-refractivity contribution < 1.29 is 13.2 Å². The number of halogens is 1. The summed E-state index contributed by atoms with van der Waals surface area (Å²) in [6.07, 6.45) is 6.56. The van der Waals surface area contributed by atoms with Gasteiger partial charge in [0.2, 0.25) is 10.0 Å². The molecule has 0 unspecified atom stereocenters. The zero-order chi connectivity index (χ0) is 19.7. The van der Waals surface area contributed by atoms with Crippen LogP contribution in [0.3, 0.4) is 0 Å². The molecule has 1 aromatic carbocycles. The molecule has 1 aliphatic heterocycles. The van der Waals surface area contributed by atoms with E-state index in [0.29, 0.717) is 5.92 Å². The molecule has 0 bridgehead atoms. The van der Waals surface area contributed by atoms with Crippen LogP contribution >= 0.6 is 11.6 Å². The summed E-state index contributed by atoms with van der Waals surface area (Å²) < 4.78 is 31.1. The third-order valence-corrected chi connectivity index (χ3v) is 5.80. The van der Waals surface area contributed by atoms with Gasteiger partial charge in [-0.25, -0.2) is 13.4 Å². The minimum atomic E-state index is -3.45. The summed E-state index contributed by atoms with van der Waals surface area (Å²) in [6.45, 7) is 1.55. The summed E-state index contributed by atoms with van der Waals surface area (Å²) in [7, 11) is -3.45. The lowest BCUT2D eigenvalue weighted by molar-refractivity contribution is 0.0856. The van der Waals surface area contributed by atoms with Crippen molar-refractivity contribution in [2.45, 2.75) is 18.8 Å². The van der Waals surface area contributed by atoms with Gasteiger partial charge in [-0.2, -0.15) is 0 Å². The monoisotopic (exact) mass is 417 g/mol. The molecule has 3 heterocycles. The van der Waals surface area contributed by atoms with E-state index in [1.807, 2.05) is 18.3 Å². The molecule has 0 aliphatic carbocycles. The molecule has 3 aromatic rings. The maximum Gasteiger partial charge on any atom is 0.229 e. The van der Waals surface area contributed by atoms with E-state index < -0.39 is 10.0 Å². The number of anilines is 1. The number of sulfonamides is 1. The summed E-state index contributed by atoms with van der Waals surface area (Å²) >= 11 is 6.05. The van der Waals surface area contributed by atoms with Crippen LogP contribution in [-0.2, 0) is 14.8 Å². The molecule has 8 heteroatoms. The Kier molecular flexibility index (Phi) is 5.23. The summed E-state index contributed by atoms with van der Waals surface area (Å²) in [6, 6.07) is 9.80. The molecule has 0 saturated carbocycles. The highest BCUT2D eigenvalue weighted by Crippen LogP contribution is 2.34. The number of nitrogens with zero attached hydrogens (tertiary/aromatic N) is 2. The van der Waals surface area contributed by atoms with E-state index in [2.05, 4.69) is 26.8 Å². The number of hydrogen-bond acceptors (Lipinski definition) is 5. The highest BCUT2D eigenvalue weighted by Gasteiger charge is 2.19. The number of aromatic nitrogens is 2. The molecule has 0 amide bonds. The normalized spacial score (nSPS) is 15.6. The summed E-state index contributed by atoms with van der Waals surface area (Å²) in [5.41, 5.74) is 4.17. The van der Waals surface area contributed by atoms with Crippen molar-refractivity contribution in [1.82, 2.24) is 9.97 Å². The second kappa shape index (κ2) is 7.66. The largest absolute Gasteiger partial charge is 0.381 e. The Morgan fingerprint density at radius 3 is 2.64 bits per heavy atom. The topological polar surface area (TPSA) is 81.2 Å². The van der Waals surface area contributed by atoms with Crippen LogP contribution in [-0.4, -0.2) is 37.9 Å². The number of ether oxygens (including phenoxy) is 1. The maximum absolute atomic E-state index is 11.6. The van der Waals surface area contributed by atoms with Crippen LogP contribution in [0.1, 0.15) is 24.3 Å². The lowest BCUT2D eigenvalue weighted by atomic mass is 9.88. The van der Waals surface area contributed by atoms with Crippen LogP contribution < -0.4 is 4.72 Å². The Labute approximate surface area is 169 Å².